The predicted molar refractivity (Wildman–Crippen MR) is 113 cm³/mol. The molecule has 1 aliphatic rings. The summed E-state index contributed by atoms with van der Waals surface area (Å²) in [6, 6.07) is 17.7. The number of hydrogen-bond acceptors (Lipinski definition) is 5. The number of likely N-dealkylation sites (tertiary alicyclic amines) is 1. The van der Waals surface area contributed by atoms with Crippen molar-refractivity contribution in [3.8, 4) is 23.0 Å². The van der Waals surface area contributed by atoms with E-state index in [1.807, 2.05) is 61.5 Å². The zero-order chi connectivity index (χ0) is 20.1. The summed E-state index contributed by atoms with van der Waals surface area (Å²) in [5.41, 5.74) is 1.94. The van der Waals surface area contributed by atoms with Gasteiger partial charge in [-0.05, 0) is 69.1 Å². The van der Waals surface area contributed by atoms with Crippen molar-refractivity contribution >= 4 is 0 Å². The number of rotatable bonds is 7. The zero-order valence-electron chi connectivity index (χ0n) is 17.1. The summed E-state index contributed by atoms with van der Waals surface area (Å²) in [5, 5.41) is 0. The molecule has 5 heteroatoms. The first kappa shape index (κ1) is 19.7. The Labute approximate surface area is 172 Å². The van der Waals surface area contributed by atoms with Gasteiger partial charge >= 0.3 is 0 Å². The van der Waals surface area contributed by atoms with Crippen molar-refractivity contribution in [2.45, 2.75) is 26.3 Å². The van der Waals surface area contributed by atoms with E-state index in [0.29, 0.717) is 11.8 Å². The molecule has 1 aromatic heterocycles. The molecule has 5 nitrogen and oxygen atoms in total. The van der Waals surface area contributed by atoms with Crippen LogP contribution in [0.3, 0.4) is 0 Å². The Balaban J connectivity index is 1.43. The highest BCUT2D eigenvalue weighted by Crippen LogP contribution is 2.29. The Morgan fingerprint density at radius 2 is 1.79 bits per heavy atom. The normalized spacial score (nSPS) is 15.5. The second-order valence-corrected chi connectivity index (χ2v) is 7.64. The molecule has 1 aliphatic heterocycles. The van der Waals surface area contributed by atoms with Gasteiger partial charge in [-0.25, -0.2) is 4.98 Å². The van der Waals surface area contributed by atoms with Crippen molar-refractivity contribution in [3.63, 3.8) is 0 Å². The quantitative estimate of drug-likeness (QED) is 0.546. The molecule has 0 saturated carbocycles. The largest absolute Gasteiger partial charge is 0.457 e. The van der Waals surface area contributed by atoms with Crippen LogP contribution >= 0.6 is 0 Å². The highest BCUT2D eigenvalue weighted by Gasteiger charge is 2.21. The second kappa shape index (κ2) is 9.25. The molecule has 0 atom stereocenters. The van der Waals surface area contributed by atoms with E-state index >= 15 is 0 Å². The van der Waals surface area contributed by atoms with Crippen LogP contribution in [-0.4, -0.2) is 36.7 Å². The molecule has 0 unspecified atom stereocenters. The number of benzene rings is 2. The minimum absolute atomic E-state index is 0.644. The fourth-order valence-corrected chi connectivity index (χ4v) is 3.77. The van der Waals surface area contributed by atoms with Gasteiger partial charge in [0.25, 0.3) is 0 Å². The van der Waals surface area contributed by atoms with Gasteiger partial charge in [0.15, 0.2) is 0 Å². The monoisotopic (exact) mass is 392 g/mol. The molecule has 0 bridgehead atoms. The van der Waals surface area contributed by atoms with Gasteiger partial charge in [0.05, 0.1) is 5.69 Å². The van der Waals surface area contributed by atoms with Crippen molar-refractivity contribution < 1.29 is 13.9 Å². The number of methoxy groups -OCH3 is 1. The lowest BCUT2D eigenvalue weighted by Crippen LogP contribution is -2.34. The fraction of sp³-hybridized carbons (Fsp3) is 0.375. The summed E-state index contributed by atoms with van der Waals surface area (Å²) in [6.07, 6.45) is 2.35. The summed E-state index contributed by atoms with van der Waals surface area (Å²) in [5.74, 6) is 3.79. The lowest BCUT2D eigenvalue weighted by atomic mass is 9.98. The van der Waals surface area contributed by atoms with E-state index in [9.17, 15) is 0 Å². The molecule has 1 saturated heterocycles. The number of aryl methyl sites for hydroxylation is 1. The fourth-order valence-electron chi connectivity index (χ4n) is 3.77. The van der Waals surface area contributed by atoms with E-state index in [1.165, 1.54) is 12.8 Å². The first-order valence-electron chi connectivity index (χ1n) is 10.2. The standard InChI is InChI=1S/C24H28N2O3/c1-18-23(16-26-13-11-19(12-14-26)17-27-2)25-24(28-18)20-7-6-10-22(15-20)29-21-8-4-3-5-9-21/h3-10,15,19H,11-14,16-17H2,1-2H3. The molecule has 3 aromatic rings. The van der Waals surface area contributed by atoms with Crippen LogP contribution in [0.5, 0.6) is 11.5 Å². The molecular weight excluding hydrogens is 364 g/mol. The van der Waals surface area contributed by atoms with Gasteiger partial charge in [-0.2, -0.15) is 0 Å². The third-order valence-electron chi connectivity index (χ3n) is 5.44. The Morgan fingerprint density at radius 1 is 1.03 bits per heavy atom. The van der Waals surface area contributed by atoms with Crippen LogP contribution in [0.25, 0.3) is 11.5 Å². The molecule has 2 aromatic carbocycles. The van der Waals surface area contributed by atoms with E-state index in [2.05, 4.69) is 4.90 Å². The van der Waals surface area contributed by atoms with E-state index in [4.69, 9.17) is 18.9 Å². The van der Waals surface area contributed by atoms with E-state index < -0.39 is 0 Å². The maximum Gasteiger partial charge on any atom is 0.226 e. The number of nitrogens with zero attached hydrogens (tertiary/aromatic N) is 2. The molecule has 0 spiro atoms. The molecular formula is C24H28N2O3. The first-order chi connectivity index (χ1) is 14.2. The molecule has 4 rings (SSSR count). The molecule has 2 heterocycles. The third kappa shape index (κ3) is 5.05. The maximum absolute atomic E-state index is 5.99. The summed E-state index contributed by atoms with van der Waals surface area (Å²) in [7, 11) is 1.78. The van der Waals surface area contributed by atoms with Crippen molar-refractivity contribution in [3.05, 3.63) is 66.1 Å². The average Bonchev–Trinajstić information content (AvgIpc) is 3.11. The Hall–Kier alpha value is -2.63. The number of ether oxygens (including phenoxy) is 2. The van der Waals surface area contributed by atoms with Crippen LogP contribution in [0.4, 0.5) is 0 Å². The lowest BCUT2D eigenvalue weighted by molar-refractivity contribution is 0.0962. The van der Waals surface area contributed by atoms with E-state index in [1.54, 1.807) is 7.11 Å². The van der Waals surface area contributed by atoms with Gasteiger partial charge in [0.2, 0.25) is 5.89 Å². The molecule has 1 fully saturated rings. The summed E-state index contributed by atoms with van der Waals surface area (Å²) in [4.78, 5) is 7.24. The molecule has 0 radical (unpaired) electrons. The highest BCUT2D eigenvalue weighted by atomic mass is 16.5. The second-order valence-electron chi connectivity index (χ2n) is 7.64. The van der Waals surface area contributed by atoms with Gasteiger partial charge in [-0.1, -0.05) is 24.3 Å². The predicted octanol–water partition coefficient (Wildman–Crippen LogP) is 5.30. The van der Waals surface area contributed by atoms with Gasteiger partial charge in [0, 0.05) is 25.8 Å². The first-order valence-corrected chi connectivity index (χ1v) is 10.2. The SMILES string of the molecule is COCC1CCN(Cc2nc(-c3cccc(Oc4ccccc4)c3)oc2C)CC1. The van der Waals surface area contributed by atoms with Crippen LogP contribution < -0.4 is 4.74 Å². The van der Waals surface area contributed by atoms with Crippen LogP contribution in [-0.2, 0) is 11.3 Å². The molecule has 0 N–H and O–H groups in total. The Bertz CT molecular complexity index is 915. The van der Waals surface area contributed by atoms with Gasteiger partial charge in [-0.15, -0.1) is 0 Å². The third-order valence-corrected chi connectivity index (χ3v) is 5.44. The maximum atomic E-state index is 5.99. The minimum atomic E-state index is 0.644. The summed E-state index contributed by atoms with van der Waals surface area (Å²) < 4.78 is 17.2. The van der Waals surface area contributed by atoms with Crippen LogP contribution in [0, 0.1) is 12.8 Å². The molecule has 0 aliphatic carbocycles. The Morgan fingerprint density at radius 3 is 2.55 bits per heavy atom. The number of hydrogen-bond donors (Lipinski definition) is 0. The number of aromatic nitrogens is 1. The molecule has 0 amide bonds. The smallest absolute Gasteiger partial charge is 0.226 e. The van der Waals surface area contributed by atoms with Gasteiger partial charge < -0.3 is 13.9 Å². The lowest BCUT2D eigenvalue weighted by Gasteiger charge is -2.31. The topological polar surface area (TPSA) is 47.7 Å². The van der Waals surface area contributed by atoms with Crippen molar-refractivity contribution in [2.75, 3.05) is 26.8 Å². The van der Waals surface area contributed by atoms with Gasteiger partial charge in [-0.3, -0.25) is 4.90 Å². The van der Waals surface area contributed by atoms with Crippen molar-refractivity contribution in [1.29, 1.82) is 0 Å². The minimum Gasteiger partial charge on any atom is -0.457 e. The summed E-state index contributed by atoms with van der Waals surface area (Å²) in [6.45, 7) is 5.84. The van der Waals surface area contributed by atoms with Crippen LogP contribution in [0.2, 0.25) is 0 Å². The zero-order valence-corrected chi connectivity index (χ0v) is 17.1. The van der Waals surface area contributed by atoms with Gasteiger partial charge in [0.1, 0.15) is 17.3 Å². The van der Waals surface area contributed by atoms with Crippen molar-refractivity contribution in [1.82, 2.24) is 9.88 Å². The number of para-hydroxylation sites is 1. The highest BCUT2D eigenvalue weighted by molar-refractivity contribution is 5.57. The van der Waals surface area contributed by atoms with E-state index in [0.717, 1.165) is 54.8 Å². The van der Waals surface area contributed by atoms with E-state index in [-0.39, 0.29) is 0 Å². The van der Waals surface area contributed by atoms with Crippen LogP contribution in [0.1, 0.15) is 24.3 Å². The summed E-state index contributed by atoms with van der Waals surface area (Å²) >= 11 is 0. The Kier molecular flexibility index (Phi) is 6.27. The average molecular weight is 392 g/mol. The number of oxazole rings is 1. The molecule has 152 valence electrons. The van der Waals surface area contributed by atoms with Crippen molar-refractivity contribution in [2.24, 2.45) is 5.92 Å². The van der Waals surface area contributed by atoms with Crippen LogP contribution in [0.15, 0.2) is 59.0 Å². The number of piperidine rings is 1. The molecule has 29 heavy (non-hydrogen) atoms.